The van der Waals surface area contributed by atoms with Gasteiger partial charge in [0.2, 0.25) is 0 Å². The van der Waals surface area contributed by atoms with Crippen molar-refractivity contribution < 1.29 is 0 Å². The van der Waals surface area contributed by atoms with Gasteiger partial charge in [-0.2, -0.15) is 0 Å². The van der Waals surface area contributed by atoms with Crippen LogP contribution in [0.25, 0.3) is 10.9 Å². The number of hydrogen-bond donors (Lipinski definition) is 4. The Labute approximate surface area is 98.2 Å². The molecule has 0 bridgehead atoms. The van der Waals surface area contributed by atoms with Gasteiger partial charge in [-0.05, 0) is 23.6 Å². The summed E-state index contributed by atoms with van der Waals surface area (Å²) in [7, 11) is 0. The molecular formula is C12H13N5. The summed E-state index contributed by atoms with van der Waals surface area (Å²) < 4.78 is 0. The minimum absolute atomic E-state index is 0.356. The van der Waals surface area contributed by atoms with E-state index in [0.717, 1.165) is 16.5 Å². The van der Waals surface area contributed by atoms with Gasteiger partial charge in [-0.1, -0.05) is 6.07 Å². The molecule has 0 amide bonds. The number of aromatic nitrogens is 1. The van der Waals surface area contributed by atoms with Crippen molar-refractivity contribution in [3.8, 4) is 0 Å². The fourth-order valence-corrected chi connectivity index (χ4v) is 1.99. The van der Waals surface area contributed by atoms with E-state index in [1.54, 1.807) is 12.4 Å². The van der Waals surface area contributed by atoms with Crippen molar-refractivity contribution in [2.75, 3.05) is 0 Å². The van der Waals surface area contributed by atoms with Gasteiger partial charge in [-0.25, -0.2) is 4.99 Å². The zero-order chi connectivity index (χ0) is 11.9. The standard InChI is InChI=1S/C12H13N5/c13-11-12(14,17-6-5-16-11)9-1-2-10-8(7-9)3-4-15-10/h1-7,15,17H,14H2,(H2,13,16). The minimum atomic E-state index is -0.930. The molecule has 3 rings (SSSR count). The van der Waals surface area contributed by atoms with E-state index in [2.05, 4.69) is 15.3 Å². The molecule has 0 aliphatic carbocycles. The molecule has 5 nitrogen and oxygen atoms in total. The molecule has 0 radical (unpaired) electrons. The molecule has 1 aromatic heterocycles. The molecule has 2 aromatic rings. The van der Waals surface area contributed by atoms with Crippen LogP contribution >= 0.6 is 0 Å². The molecule has 1 aliphatic heterocycles. The first kappa shape index (κ1) is 9.92. The highest BCUT2D eigenvalue weighted by Gasteiger charge is 2.32. The summed E-state index contributed by atoms with van der Waals surface area (Å²) in [5.74, 6) is 0.356. The van der Waals surface area contributed by atoms with Gasteiger partial charge in [0.1, 0.15) is 5.84 Å². The van der Waals surface area contributed by atoms with Crippen molar-refractivity contribution in [3.05, 3.63) is 48.4 Å². The van der Waals surface area contributed by atoms with Crippen LogP contribution in [0.4, 0.5) is 0 Å². The summed E-state index contributed by atoms with van der Waals surface area (Å²) in [4.78, 5) is 7.18. The molecule has 5 heteroatoms. The van der Waals surface area contributed by atoms with Crippen molar-refractivity contribution in [1.29, 1.82) is 0 Å². The maximum atomic E-state index is 6.26. The zero-order valence-corrected chi connectivity index (χ0v) is 9.14. The number of aliphatic imine (C=N–C) groups is 1. The van der Waals surface area contributed by atoms with E-state index in [1.807, 2.05) is 30.5 Å². The van der Waals surface area contributed by atoms with Gasteiger partial charge in [0.05, 0.1) is 0 Å². The van der Waals surface area contributed by atoms with Crippen molar-refractivity contribution in [2.45, 2.75) is 5.66 Å². The smallest absolute Gasteiger partial charge is 0.171 e. The van der Waals surface area contributed by atoms with Crippen LogP contribution in [-0.2, 0) is 5.66 Å². The SMILES string of the molecule is NC1=NC=CNC1(N)c1ccc2[nH]ccc2c1. The number of amidine groups is 1. The molecule has 86 valence electrons. The number of fused-ring (bicyclic) bond motifs is 1. The maximum absolute atomic E-state index is 6.26. The van der Waals surface area contributed by atoms with E-state index in [9.17, 15) is 0 Å². The third-order valence-electron chi connectivity index (χ3n) is 3.01. The number of hydrogen-bond acceptors (Lipinski definition) is 4. The zero-order valence-electron chi connectivity index (χ0n) is 9.14. The first-order valence-electron chi connectivity index (χ1n) is 5.33. The predicted molar refractivity (Wildman–Crippen MR) is 68.1 cm³/mol. The maximum Gasteiger partial charge on any atom is 0.171 e. The first-order chi connectivity index (χ1) is 8.20. The molecule has 1 aliphatic rings. The second kappa shape index (κ2) is 3.36. The van der Waals surface area contributed by atoms with Crippen LogP contribution in [-0.4, -0.2) is 10.8 Å². The fraction of sp³-hybridized carbons (Fsp3) is 0.0833. The number of H-pyrrole nitrogens is 1. The van der Waals surface area contributed by atoms with E-state index in [-0.39, 0.29) is 0 Å². The molecule has 0 spiro atoms. The van der Waals surface area contributed by atoms with Crippen molar-refractivity contribution in [2.24, 2.45) is 16.5 Å². The van der Waals surface area contributed by atoms with Gasteiger partial charge >= 0.3 is 0 Å². The summed E-state index contributed by atoms with van der Waals surface area (Å²) in [5.41, 5.74) is 13.1. The van der Waals surface area contributed by atoms with Gasteiger partial charge in [0, 0.05) is 29.7 Å². The molecule has 2 heterocycles. The summed E-state index contributed by atoms with van der Waals surface area (Å²) in [5, 5.41) is 4.14. The highest BCUT2D eigenvalue weighted by molar-refractivity contribution is 5.93. The summed E-state index contributed by atoms with van der Waals surface area (Å²) in [6.45, 7) is 0. The molecular weight excluding hydrogens is 214 g/mol. The first-order valence-corrected chi connectivity index (χ1v) is 5.33. The quantitative estimate of drug-likeness (QED) is 0.578. The molecule has 1 unspecified atom stereocenters. The van der Waals surface area contributed by atoms with Gasteiger partial charge < -0.3 is 16.0 Å². The fourth-order valence-electron chi connectivity index (χ4n) is 1.99. The Hall–Kier alpha value is -2.27. The Kier molecular flexibility index (Phi) is 1.96. The molecule has 6 N–H and O–H groups in total. The third-order valence-corrected chi connectivity index (χ3v) is 3.01. The Morgan fingerprint density at radius 1 is 1.24 bits per heavy atom. The summed E-state index contributed by atoms with van der Waals surface area (Å²) in [6.07, 6.45) is 5.18. The van der Waals surface area contributed by atoms with E-state index in [1.165, 1.54) is 0 Å². The molecule has 0 fully saturated rings. The van der Waals surface area contributed by atoms with E-state index in [4.69, 9.17) is 11.5 Å². The number of benzene rings is 1. The average Bonchev–Trinajstić information content (AvgIpc) is 2.80. The van der Waals surface area contributed by atoms with Gasteiger partial charge in [0.15, 0.2) is 5.66 Å². The van der Waals surface area contributed by atoms with Crippen LogP contribution in [0.1, 0.15) is 5.56 Å². The van der Waals surface area contributed by atoms with Crippen LogP contribution in [0.5, 0.6) is 0 Å². The lowest BCUT2D eigenvalue weighted by Gasteiger charge is -2.31. The van der Waals surface area contributed by atoms with Crippen LogP contribution in [0.15, 0.2) is 47.9 Å². The number of nitrogens with one attached hydrogen (secondary N) is 2. The lowest BCUT2D eigenvalue weighted by molar-refractivity contribution is 0.525. The Morgan fingerprint density at radius 3 is 2.94 bits per heavy atom. The topological polar surface area (TPSA) is 92.2 Å². The molecule has 17 heavy (non-hydrogen) atoms. The number of nitrogens with two attached hydrogens (primary N) is 2. The molecule has 1 aromatic carbocycles. The van der Waals surface area contributed by atoms with Crippen LogP contribution < -0.4 is 16.8 Å². The highest BCUT2D eigenvalue weighted by atomic mass is 15.2. The lowest BCUT2D eigenvalue weighted by atomic mass is 9.97. The minimum Gasteiger partial charge on any atom is -0.384 e. The number of rotatable bonds is 1. The Balaban J connectivity index is 2.14. The molecule has 0 saturated carbocycles. The summed E-state index contributed by atoms with van der Waals surface area (Å²) >= 11 is 0. The van der Waals surface area contributed by atoms with E-state index < -0.39 is 5.66 Å². The van der Waals surface area contributed by atoms with Crippen LogP contribution in [0.2, 0.25) is 0 Å². The Morgan fingerprint density at radius 2 is 2.12 bits per heavy atom. The normalized spacial score (nSPS) is 23.5. The largest absolute Gasteiger partial charge is 0.384 e. The third kappa shape index (κ3) is 1.40. The second-order valence-corrected chi connectivity index (χ2v) is 4.06. The van der Waals surface area contributed by atoms with Gasteiger partial charge in [0.25, 0.3) is 0 Å². The lowest BCUT2D eigenvalue weighted by Crippen LogP contribution is -2.58. The predicted octanol–water partition coefficient (Wildman–Crippen LogP) is 0.711. The highest BCUT2D eigenvalue weighted by Crippen LogP contribution is 2.22. The molecule has 1 atom stereocenters. The van der Waals surface area contributed by atoms with Crippen LogP contribution in [0, 0.1) is 0 Å². The van der Waals surface area contributed by atoms with Gasteiger partial charge in [-0.3, -0.25) is 5.73 Å². The second-order valence-electron chi connectivity index (χ2n) is 4.06. The number of aromatic amines is 1. The Bertz CT molecular complexity index is 625. The van der Waals surface area contributed by atoms with Crippen molar-refractivity contribution in [3.63, 3.8) is 0 Å². The van der Waals surface area contributed by atoms with Crippen molar-refractivity contribution >= 4 is 16.7 Å². The average molecular weight is 227 g/mol. The number of nitrogens with zero attached hydrogens (tertiary/aromatic N) is 1. The van der Waals surface area contributed by atoms with Crippen LogP contribution in [0.3, 0.4) is 0 Å². The van der Waals surface area contributed by atoms with Gasteiger partial charge in [-0.15, -0.1) is 0 Å². The monoisotopic (exact) mass is 227 g/mol. The summed E-state index contributed by atoms with van der Waals surface area (Å²) in [6, 6.07) is 7.91. The molecule has 0 saturated heterocycles. The van der Waals surface area contributed by atoms with E-state index in [0.29, 0.717) is 5.84 Å². The van der Waals surface area contributed by atoms with E-state index >= 15 is 0 Å². The van der Waals surface area contributed by atoms with Crippen molar-refractivity contribution in [1.82, 2.24) is 10.3 Å².